The van der Waals surface area contributed by atoms with Crippen LogP contribution in [0.3, 0.4) is 0 Å². The minimum Gasteiger partial charge on any atom is -0.358 e. The van der Waals surface area contributed by atoms with Crippen LogP contribution in [-0.4, -0.2) is 41.3 Å². The van der Waals surface area contributed by atoms with Gasteiger partial charge in [-0.05, 0) is 0 Å². The average Bonchev–Trinajstić information content (AvgIpc) is 2.35. The van der Waals surface area contributed by atoms with Gasteiger partial charge in [0.15, 0.2) is 0 Å². The third-order valence-corrected chi connectivity index (χ3v) is 2.28. The van der Waals surface area contributed by atoms with E-state index >= 15 is 0 Å². The fourth-order valence-corrected chi connectivity index (χ4v) is 1.48. The van der Waals surface area contributed by atoms with Gasteiger partial charge in [0, 0.05) is 7.05 Å². The number of hydrogen-bond donors (Lipinski definition) is 1. The van der Waals surface area contributed by atoms with Crippen LogP contribution >= 0.6 is 11.8 Å². The number of nitrogens with one attached hydrogen (secondary N) is 1. The monoisotopic (exact) mass is 188 g/mol. The van der Waals surface area contributed by atoms with Gasteiger partial charge in [0.2, 0.25) is 11.8 Å². The third-order valence-electron chi connectivity index (χ3n) is 1.42. The van der Waals surface area contributed by atoms with E-state index in [2.05, 4.69) is 5.32 Å². The Balaban J connectivity index is 2.56. The van der Waals surface area contributed by atoms with Gasteiger partial charge in [0.25, 0.3) is 5.24 Å². The molecule has 1 aliphatic rings. The lowest BCUT2D eigenvalue weighted by molar-refractivity contribution is -0.130. The van der Waals surface area contributed by atoms with Crippen LogP contribution in [0.4, 0.5) is 4.79 Å². The van der Waals surface area contributed by atoms with Gasteiger partial charge in [-0.25, -0.2) is 0 Å². The zero-order valence-electron chi connectivity index (χ0n) is 6.49. The lowest BCUT2D eigenvalue weighted by Gasteiger charge is -2.10. The van der Waals surface area contributed by atoms with Crippen LogP contribution in [0.15, 0.2) is 0 Å². The van der Waals surface area contributed by atoms with Crippen LogP contribution in [0.2, 0.25) is 0 Å². The molecule has 0 aromatic heterocycles. The molecule has 6 heteroatoms. The highest BCUT2D eigenvalue weighted by atomic mass is 32.2. The van der Waals surface area contributed by atoms with Gasteiger partial charge in [-0.2, -0.15) is 0 Å². The second-order valence-electron chi connectivity index (χ2n) is 2.21. The molecule has 1 rings (SSSR count). The number of carbonyl (C=O) groups excluding carboxylic acids is 3. The summed E-state index contributed by atoms with van der Waals surface area (Å²) in [5.74, 6) is -0.483. The molecule has 0 aliphatic carbocycles. The molecule has 0 radical (unpaired) electrons. The Morgan fingerprint density at radius 2 is 2.33 bits per heavy atom. The summed E-state index contributed by atoms with van der Waals surface area (Å²) >= 11 is 0.923. The summed E-state index contributed by atoms with van der Waals surface area (Å²) in [6, 6.07) is 0. The first-order valence-electron chi connectivity index (χ1n) is 3.33. The molecule has 1 saturated heterocycles. The van der Waals surface area contributed by atoms with Gasteiger partial charge < -0.3 is 5.32 Å². The van der Waals surface area contributed by atoms with Crippen molar-refractivity contribution in [3.8, 4) is 0 Å². The first kappa shape index (κ1) is 9.05. The summed E-state index contributed by atoms with van der Waals surface area (Å²) in [6.07, 6.45) is 0. The fourth-order valence-electron chi connectivity index (χ4n) is 0.757. The van der Waals surface area contributed by atoms with Crippen LogP contribution in [-0.2, 0) is 9.59 Å². The van der Waals surface area contributed by atoms with Crippen LogP contribution in [0.1, 0.15) is 0 Å². The molecule has 0 unspecified atom stereocenters. The first-order chi connectivity index (χ1) is 5.65. The van der Waals surface area contributed by atoms with Crippen LogP contribution in [0.5, 0.6) is 0 Å². The van der Waals surface area contributed by atoms with Gasteiger partial charge in [0.05, 0.1) is 5.75 Å². The second kappa shape index (κ2) is 3.57. The average molecular weight is 188 g/mol. The number of carbonyl (C=O) groups is 3. The Kier molecular flexibility index (Phi) is 2.69. The van der Waals surface area contributed by atoms with Crippen molar-refractivity contribution in [2.24, 2.45) is 0 Å². The predicted molar refractivity (Wildman–Crippen MR) is 43.6 cm³/mol. The summed E-state index contributed by atoms with van der Waals surface area (Å²) in [6.45, 7) is -0.166. The van der Waals surface area contributed by atoms with Crippen LogP contribution in [0, 0.1) is 0 Å². The quantitative estimate of drug-likeness (QED) is 0.630. The minimum atomic E-state index is -0.344. The largest absolute Gasteiger partial charge is 0.358 e. The number of amides is 3. The summed E-state index contributed by atoms with van der Waals surface area (Å²) in [5, 5.41) is 1.99. The number of hydrogen-bond acceptors (Lipinski definition) is 4. The Bertz CT molecular complexity index is 225. The molecule has 12 heavy (non-hydrogen) atoms. The molecule has 0 atom stereocenters. The molecule has 1 N–H and O–H groups in total. The van der Waals surface area contributed by atoms with Crippen molar-refractivity contribution in [1.82, 2.24) is 10.2 Å². The molecule has 66 valence electrons. The molecule has 0 spiro atoms. The summed E-state index contributed by atoms with van der Waals surface area (Å²) in [5.41, 5.74) is 0. The standard InChI is InChI=1S/C6H8N2O3S/c1-7-4(9)2-8-5(10)3-12-6(8)11/h2-3H2,1H3,(H,7,9). The molecule has 5 nitrogen and oxygen atoms in total. The highest BCUT2D eigenvalue weighted by molar-refractivity contribution is 8.14. The van der Waals surface area contributed by atoms with Crippen molar-refractivity contribution < 1.29 is 14.4 Å². The third kappa shape index (κ3) is 1.76. The zero-order valence-corrected chi connectivity index (χ0v) is 7.31. The Labute approximate surface area is 73.5 Å². The lowest BCUT2D eigenvalue weighted by Crippen LogP contribution is -2.38. The van der Waals surface area contributed by atoms with Crippen molar-refractivity contribution >= 4 is 28.8 Å². The van der Waals surface area contributed by atoms with Crippen LogP contribution in [0.25, 0.3) is 0 Å². The van der Waals surface area contributed by atoms with Crippen molar-refractivity contribution in [2.75, 3.05) is 19.3 Å². The fraction of sp³-hybridized carbons (Fsp3) is 0.500. The van der Waals surface area contributed by atoms with E-state index in [-0.39, 0.29) is 29.4 Å². The number of rotatable bonds is 2. The highest BCUT2D eigenvalue weighted by Crippen LogP contribution is 2.17. The highest BCUT2D eigenvalue weighted by Gasteiger charge is 2.30. The lowest BCUT2D eigenvalue weighted by atomic mass is 10.5. The van der Waals surface area contributed by atoms with Crippen molar-refractivity contribution in [2.45, 2.75) is 0 Å². The summed E-state index contributed by atoms with van der Waals surface area (Å²) in [7, 11) is 1.46. The van der Waals surface area contributed by atoms with E-state index in [1.807, 2.05) is 0 Å². The Morgan fingerprint density at radius 3 is 2.75 bits per heavy atom. The minimum absolute atomic E-state index is 0.149. The molecule has 0 bridgehead atoms. The van der Waals surface area contributed by atoms with E-state index in [4.69, 9.17) is 0 Å². The first-order valence-corrected chi connectivity index (χ1v) is 4.31. The van der Waals surface area contributed by atoms with Crippen LogP contribution < -0.4 is 5.32 Å². The maximum absolute atomic E-state index is 10.9. The molecule has 0 aromatic carbocycles. The zero-order chi connectivity index (χ0) is 9.14. The van der Waals surface area contributed by atoms with Gasteiger partial charge in [-0.1, -0.05) is 11.8 Å². The summed E-state index contributed by atoms with van der Waals surface area (Å²) in [4.78, 5) is 33.6. The normalized spacial score (nSPS) is 16.9. The van der Waals surface area contributed by atoms with E-state index in [1.54, 1.807) is 0 Å². The molecule has 1 fully saturated rings. The number of thioether (sulfide) groups is 1. The van der Waals surface area contributed by atoms with E-state index in [0.717, 1.165) is 16.7 Å². The molecule has 1 aliphatic heterocycles. The van der Waals surface area contributed by atoms with Gasteiger partial charge in [0.1, 0.15) is 6.54 Å². The topological polar surface area (TPSA) is 66.5 Å². The van der Waals surface area contributed by atoms with Crippen molar-refractivity contribution in [3.63, 3.8) is 0 Å². The maximum atomic E-state index is 10.9. The van der Waals surface area contributed by atoms with E-state index < -0.39 is 0 Å². The molecular formula is C6H8N2O3S. The van der Waals surface area contributed by atoms with Gasteiger partial charge in [-0.3, -0.25) is 19.3 Å². The molecule has 0 saturated carbocycles. The van der Waals surface area contributed by atoms with Crippen molar-refractivity contribution in [3.05, 3.63) is 0 Å². The molecule has 0 aromatic rings. The number of nitrogens with zero attached hydrogens (tertiary/aromatic N) is 1. The maximum Gasteiger partial charge on any atom is 0.289 e. The molecular weight excluding hydrogens is 180 g/mol. The van der Waals surface area contributed by atoms with E-state index in [9.17, 15) is 14.4 Å². The van der Waals surface area contributed by atoms with Crippen molar-refractivity contribution in [1.29, 1.82) is 0 Å². The Hall–Kier alpha value is -1.04. The number of imide groups is 1. The van der Waals surface area contributed by atoms with E-state index in [0.29, 0.717) is 0 Å². The molecule has 1 heterocycles. The predicted octanol–water partition coefficient (Wildman–Crippen LogP) is -0.572. The Morgan fingerprint density at radius 1 is 1.67 bits per heavy atom. The summed E-state index contributed by atoms with van der Waals surface area (Å²) < 4.78 is 0. The second-order valence-corrected chi connectivity index (χ2v) is 3.13. The smallest absolute Gasteiger partial charge is 0.289 e. The molecule has 3 amide bonds. The number of likely N-dealkylation sites (N-methyl/N-ethyl adjacent to an activating group) is 1. The van der Waals surface area contributed by atoms with Gasteiger partial charge >= 0.3 is 0 Å². The van der Waals surface area contributed by atoms with E-state index in [1.165, 1.54) is 7.05 Å². The SMILES string of the molecule is CNC(=O)CN1C(=O)CSC1=O. The van der Waals surface area contributed by atoms with Gasteiger partial charge in [-0.15, -0.1) is 0 Å².